The zero-order valence-electron chi connectivity index (χ0n) is 8.72. The van der Waals surface area contributed by atoms with Gasteiger partial charge in [0.25, 0.3) is 0 Å². The molecule has 0 spiro atoms. The predicted octanol–water partition coefficient (Wildman–Crippen LogP) is 1.84. The number of hydrogen-bond acceptors (Lipinski definition) is 3. The molecule has 0 heterocycles. The second-order valence-corrected chi connectivity index (χ2v) is 2.86. The van der Waals surface area contributed by atoms with Gasteiger partial charge in [-0.25, -0.2) is 4.79 Å². The smallest absolute Gasteiger partial charge is 0.331 e. The summed E-state index contributed by atoms with van der Waals surface area (Å²) in [6.07, 6.45) is 2.71. The van der Waals surface area contributed by atoms with Crippen LogP contribution in [0.25, 0.3) is 0 Å². The van der Waals surface area contributed by atoms with Crippen molar-refractivity contribution in [3.8, 4) is 0 Å². The fraction of sp³-hybridized carbons (Fsp3) is 0.700. The number of nitrogens with one attached hydrogen (secondary N) is 1. The molecule has 3 nitrogen and oxygen atoms in total. The minimum atomic E-state index is -0.514. The maximum Gasteiger partial charge on any atom is 0.331 e. The molecule has 0 aliphatic heterocycles. The van der Waals surface area contributed by atoms with Crippen molar-refractivity contribution in [1.29, 1.82) is 0 Å². The molecule has 13 heavy (non-hydrogen) atoms. The molecule has 0 aliphatic carbocycles. The molecular formula is C10H19NO2. The zero-order chi connectivity index (χ0) is 10.3. The number of rotatable bonds is 6. The van der Waals surface area contributed by atoms with Crippen LogP contribution in [0.4, 0.5) is 0 Å². The van der Waals surface area contributed by atoms with Gasteiger partial charge in [0.1, 0.15) is 0 Å². The average molecular weight is 185 g/mol. The minimum Gasteiger partial charge on any atom is -0.441 e. The first kappa shape index (κ1) is 12.2. The summed E-state index contributed by atoms with van der Waals surface area (Å²) in [6.45, 7) is 10.1. The van der Waals surface area contributed by atoms with E-state index in [1.54, 1.807) is 0 Å². The molecule has 0 fully saturated rings. The highest BCUT2D eigenvalue weighted by molar-refractivity contribution is 5.81. The van der Waals surface area contributed by atoms with Crippen LogP contribution in [0.2, 0.25) is 0 Å². The maximum atomic E-state index is 11.0. The number of carbonyl (C=O) groups is 1. The Hall–Kier alpha value is -0.830. The standard InChI is InChI=1S/C10H19NO2/c1-5-9(12)13-10(6-2,7-3)11-8-4/h5,11H,1,6-8H2,2-4H3. The van der Waals surface area contributed by atoms with Crippen LogP contribution in [0, 0.1) is 0 Å². The third-order valence-corrected chi connectivity index (χ3v) is 2.10. The lowest BCUT2D eigenvalue weighted by Gasteiger charge is -2.31. The van der Waals surface area contributed by atoms with E-state index in [4.69, 9.17) is 4.74 Å². The van der Waals surface area contributed by atoms with Crippen molar-refractivity contribution in [2.45, 2.75) is 39.3 Å². The Morgan fingerprint density at radius 3 is 2.31 bits per heavy atom. The van der Waals surface area contributed by atoms with Gasteiger partial charge in [-0.15, -0.1) is 0 Å². The Kier molecular flexibility index (Phi) is 5.39. The molecule has 0 bridgehead atoms. The Labute approximate surface area is 80.2 Å². The van der Waals surface area contributed by atoms with Gasteiger partial charge >= 0.3 is 5.97 Å². The van der Waals surface area contributed by atoms with Crippen molar-refractivity contribution >= 4 is 5.97 Å². The van der Waals surface area contributed by atoms with Crippen LogP contribution in [-0.2, 0) is 9.53 Å². The number of hydrogen-bond donors (Lipinski definition) is 1. The van der Waals surface area contributed by atoms with Gasteiger partial charge in [0.05, 0.1) is 0 Å². The number of ether oxygens (including phenoxy) is 1. The fourth-order valence-electron chi connectivity index (χ4n) is 1.24. The first-order valence-corrected chi connectivity index (χ1v) is 4.74. The van der Waals surface area contributed by atoms with Gasteiger partial charge in [0.2, 0.25) is 0 Å². The van der Waals surface area contributed by atoms with Gasteiger partial charge < -0.3 is 4.74 Å². The topological polar surface area (TPSA) is 38.3 Å². The molecule has 0 saturated heterocycles. The van der Waals surface area contributed by atoms with Gasteiger partial charge in [0.15, 0.2) is 5.72 Å². The van der Waals surface area contributed by atoms with Crippen LogP contribution >= 0.6 is 0 Å². The van der Waals surface area contributed by atoms with E-state index in [1.807, 2.05) is 20.8 Å². The fourth-order valence-corrected chi connectivity index (χ4v) is 1.24. The van der Waals surface area contributed by atoms with Crippen molar-refractivity contribution in [1.82, 2.24) is 5.32 Å². The van der Waals surface area contributed by atoms with Crippen molar-refractivity contribution in [3.63, 3.8) is 0 Å². The van der Waals surface area contributed by atoms with E-state index in [9.17, 15) is 4.79 Å². The third-order valence-electron chi connectivity index (χ3n) is 2.10. The molecular weight excluding hydrogens is 166 g/mol. The summed E-state index contributed by atoms with van der Waals surface area (Å²) >= 11 is 0. The van der Waals surface area contributed by atoms with Crippen LogP contribution < -0.4 is 5.32 Å². The van der Waals surface area contributed by atoms with E-state index in [0.717, 1.165) is 19.4 Å². The lowest BCUT2D eigenvalue weighted by Crippen LogP contribution is -2.47. The normalized spacial score (nSPS) is 11.0. The summed E-state index contributed by atoms with van der Waals surface area (Å²) in [5, 5.41) is 3.17. The maximum absolute atomic E-state index is 11.0. The summed E-state index contributed by atoms with van der Waals surface area (Å²) in [5.41, 5.74) is -0.514. The van der Waals surface area contributed by atoms with E-state index in [0.29, 0.717) is 0 Å². The first-order chi connectivity index (χ1) is 6.14. The molecule has 0 aliphatic rings. The molecule has 0 unspecified atom stereocenters. The third kappa shape index (κ3) is 3.59. The van der Waals surface area contributed by atoms with Gasteiger partial charge in [0, 0.05) is 6.08 Å². The largest absolute Gasteiger partial charge is 0.441 e. The summed E-state index contributed by atoms with van der Waals surface area (Å²) in [7, 11) is 0. The van der Waals surface area contributed by atoms with Crippen molar-refractivity contribution < 1.29 is 9.53 Å². The van der Waals surface area contributed by atoms with Crippen molar-refractivity contribution in [3.05, 3.63) is 12.7 Å². The lowest BCUT2D eigenvalue weighted by molar-refractivity contribution is -0.158. The molecule has 0 saturated carbocycles. The van der Waals surface area contributed by atoms with Gasteiger partial charge in [-0.2, -0.15) is 0 Å². The highest BCUT2D eigenvalue weighted by Gasteiger charge is 2.28. The van der Waals surface area contributed by atoms with E-state index >= 15 is 0 Å². The van der Waals surface area contributed by atoms with E-state index in [1.165, 1.54) is 6.08 Å². The van der Waals surface area contributed by atoms with E-state index in [2.05, 4.69) is 11.9 Å². The SMILES string of the molecule is C=CC(=O)OC(CC)(CC)NCC. The Bertz CT molecular complexity index is 174. The lowest BCUT2D eigenvalue weighted by atomic mass is 10.1. The number of esters is 1. The molecule has 0 aromatic carbocycles. The van der Waals surface area contributed by atoms with Crippen LogP contribution in [0.15, 0.2) is 12.7 Å². The minimum absolute atomic E-state index is 0.371. The second-order valence-electron chi connectivity index (χ2n) is 2.86. The van der Waals surface area contributed by atoms with Crippen LogP contribution in [-0.4, -0.2) is 18.2 Å². The summed E-state index contributed by atoms with van der Waals surface area (Å²) in [5.74, 6) is -0.371. The van der Waals surface area contributed by atoms with Gasteiger partial charge in [-0.05, 0) is 19.4 Å². The molecule has 0 aromatic rings. The van der Waals surface area contributed by atoms with Crippen LogP contribution in [0.1, 0.15) is 33.6 Å². The van der Waals surface area contributed by atoms with E-state index < -0.39 is 5.72 Å². The van der Waals surface area contributed by atoms with Crippen molar-refractivity contribution in [2.24, 2.45) is 0 Å². The van der Waals surface area contributed by atoms with E-state index in [-0.39, 0.29) is 5.97 Å². The Morgan fingerprint density at radius 2 is 2.00 bits per heavy atom. The molecule has 3 heteroatoms. The molecule has 0 atom stereocenters. The molecule has 1 N–H and O–H groups in total. The Morgan fingerprint density at radius 1 is 1.46 bits per heavy atom. The van der Waals surface area contributed by atoms with Crippen molar-refractivity contribution in [2.75, 3.05) is 6.54 Å². The average Bonchev–Trinajstić information content (AvgIpc) is 2.17. The van der Waals surface area contributed by atoms with Crippen LogP contribution in [0.3, 0.4) is 0 Å². The van der Waals surface area contributed by atoms with Gasteiger partial charge in [-0.1, -0.05) is 27.4 Å². The molecule has 0 aromatic heterocycles. The van der Waals surface area contributed by atoms with Crippen LogP contribution in [0.5, 0.6) is 0 Å². The monoisotopic (exact) mass is 185 g/mol. The summed E-state index contributed by atoms with van der Waals surface area (Å²) in [6, 6.07) is 0. The highest BCUT2D eigenvalue weighted by atomic mass is 16.6. The molecule has 0 radical (unpaired) electrons. The highest BCUT2D eigenvalue weighted by Crippen LogP contribution is 2.16. The quantitative estimate of drug-likeness (QED) is 0.390. The number of carbonyl (C=O) groups excluding carboxylic acids is 1. The molecule has 0 amide bonds. The van der Waals surface area contributed by atoms with Gasteiger partial charge in [-0.3, -0.25) is 5.32 Å². The molecule has 0 rings (SSSR count). The second kappa shape index (κ2) is 5.75. The Balaban J connectivity index is 4.36. The molecule has 76 valence electrons. The summed E-state index contributed by atoms with van der Waals surface area (Å²) in [4.78, 5) is 11.0. The first-order valence-electron chi connectivity index (χ1n) is 4.74. The zero-order valence-corrected chi connectivity index (χ0v) is 8.72. The predicted molar refractivity (Wildman–Crippen MR) is 53.3 cm³/mol. The summed E-state index contributed by atoms with van der Waals surface area (Å²) < 4.78 is 5.26.